The van der Waals surface area contributed by atoms with Gasteiger partial charge in [-0.2, -0.15) is 5.10 Å². The molecule has 19 heavy (non-hydrogen) atoms. The summed E-state index contributed by atoms with van der Waals surface area (Å²) in [4.78, 5) is 14.0. The monoisotopic (exact) mass is 266 g/mol. The Hall–Kier alpha value is -1.56. The van der Waals surface area contributed by atoms with E-state index in [4.69, 9.17) is 10.5 Å². The van der Waals surface area contributed by atoms with E-state index in [-0.39, 0.29) is 18.6 Å². The molecule has 1 saturated heterocycles. The van der Waals surface area contributed by atoms with E-state index >= 15 is 0 Å². The fourth-order valence-corrected chi connectivity index (χ4v) is 2.29. The Bertz CT molecular complexity index is 419. The van der Waals surface area contributed by atoms with Gasteiger partial charge < -0.3 is 15.4 Å². The number of ether oxygens (including phenoxy) is 1. The van der Waals surface area contributed by atoms with Crippen LogP contribution in [-0.2, 0) is 16.1 Å². The fourth-order valence-electron chi connectivity index (χ4n) is 2.29. The third-order valence-corrected chi connectivity index (χ3v) is 3.25. The topological polar surface area (TPSA) is 73.4 Å². The maximum Gasteiger partial charge on any atom is 0.244 e. The molecule has 6 nitrogen and oxygen atoms in total. The number of carbonyl (C=O) groups excluding carboxylic acids is 1. The summed E-state index contributed by atoms with van der Waals surface area (Å²) >= 11 is 0. The van der Waals surface area contributed by atoms with Crippen LogP contribution < -0.4 is 5.73 Å². The summed E-state index contributed by atoms with van der Waals surface area (Å²) in [5.74, 6) is 0.517. The van der Waals surface area contributed by atoms with Crippen molar-refractivity contribution in [1.29, 1.82) is 0 Å². The Morgan fingerprint density at radius 1 is 1.63 bits per heavy atom. The fraction of sp³-hybridized carbons (Fsp3) is 0.692. The predicted octanol–water partition coefficient (Wildman–Crippen LogP) is 0.883. The van der Waals surface area contributed by atoms with Crippen LogP contribution in [0.5, 0.6) is 0 Å². The maximum atomic E-state index is 12.2. The number of anilines is 1. The van der Waals surface area contributed by atoms with Crippen molar-refractivity contribution < 1.29 is 9.53 Å². The SMILES string of the molecule is CCCOC1CCCN(C(=O)Cn2ccc(N)n2)C1. The minimum Gasteiger partial charge on any atom is -0.382 e. The first-order chi connectivity index (χ1) is 9.19. The van der Waals surface area contributed by atoms with Crippen LogP contribution in [0, 0.1) is 0 Å². The summed E-state index contributed by atoms with van der Waals surface area (Å²) in [6.07, 6.45) is 4.96. The molecule has 0 bridgehead atoms. The van der Waals surface area contributed by atoms with E-state index in [1.807, 2.05) is 4.90 Å². The Kier molecular flexibility index (Phi) is 4.79. The third-order valence-electron chi connectivity index (χ3n) is 3.25. The quantitative estimate of drug-likeness (QED) is 0.858. The first kappa shape index (κ1) is 13.9. The van der Waals surface area contributed by atoms with Gasteiger partial charge in [0.25, 0.3) is 0 Å². The molecule has 1 unspecified atom stereocenters. The molecule has 1 aromatic heterocycles. The Labute approximate surface area is 113 Å². The number of nitrogens with zero attached hydrogens (tertiary/aromatic N) is 3. The van der Waals surface area contributed by atoms with Crippen LogP contribution in [0.15, 0.2) is 12.3 Å². The number of nitrogen functional groups attached to an aromatic ring is 1. The highest BCUT2D eigenvalue weighted by Gasteiger charge is 2.24. The molecule has 6 heteroatoms. The van der Waals surface area contributed by atoms with E-state index in [1.165, 1.54) is 0 Å². The molecule has 2 rings (SSSR count). The van der Waals surface area contributed by atoms with Gasteiger partial charge in [-0.05, 0) is 25.3 Å². The normalized spacial score (nSPS) is 19.6. The predicted molar refractivity (Wildman–Crippen MR) is 72.5 cm³/mol. The van der Waals surface area contributed by atoms with E-state index in [0.29, 0.717) is 12.4 Å². The van der Waals surface area contributed by atoms with E-state index in [9.17, 15) is 4.79 Å². The van der Waals surface area contributed by atoms with Gasteiger partial charge in [-0.15, -0.1) is 0 Å². The lowest BCUT2D eigenvalue weighted by Crippen LogP contribution is -2.44. The Balaban J connectivity index is 1.84. The molecule has 1 aromatic rings. The number of piperidine rings is 1. The molecule has 2 heterocycles. The number of likely N-dealkylation sites (tertiary alicyclic amines) is 1. The highest BCUT2D eigenvalue weighted by molar-refractivity contribution is 5.76. The van der Waals surface area contributed by atoms with Crippen molar-refractivity contribution in [2.45, 2.75) is 38.8 Å². The molecule has 1 fully saturated rings. The number of amides is 1. The number of hydrogen-bond donors (Lipinski definition) is 1. The molecule has 0 radical (unpaired) electrons. The average molecular weight is 266 g/mol. The lowest BCUT2D eigenvalue weighted by molar-refractivity contribution is -0.136. The van der Waals surface area contributed by atoms with Gasteiger partial charge >= 0.3 is 0 Å². The zero-order chi connectivity index (χ0) is 13.7. The second-order valence-electron chi connectivity index (χ2n) is 4.91. The molecular weight excluding hydrogens is 244 g/mol. The van der Waals surface area contributed by atoms with E-state index in [0.717, 1.165) is 32.4 Å². The van der Waals surface area contributed by atoms with Gasteiger partial charge in [0.15, 0.2) is 0 Å². The van der Waals surface area contributed by atoms with Gasteiger partial charge in [-0.25, -0.2) is 0 Å². The summed E-state index contributed by atoms with van der Waals surface area (Å²) in [7, 11) is 0. The van der Waals surface area contributed by atoms with Crippen molar-refractivity contribution in [2.24, 2.45) is 0 Å². The molecule has 0 aromatic carbocycles. The van der Waals surface area contributed by atoms with Crippen LogP contribution in [-0.4, -0.2) is 46.4 Å². The lowest BCUT2D eigenvalue weighted by Gasteiger charge is -2.32. The van der Waals surface area contributed by atoms with Crippen LogP contribution >= 0.6 is 0 Å². The van der Waals surface area contributed by atoms with Crippen LogP contribution in [0.4, 0.5) is 5.82 Å². The summed E-state index contributed by atoms with van der Waals surface area (Å²) < 4.78 is 7.31. The molecule has 0 aliphatic carbocycles. The van der Waals surface area contributed by atoms with Crippen molar-refractivity contribution in [3.05, 3.63) is 12.3 Å². The molecular formula is C13H22N4O2. The summed E-state index contributed by atoms with van der Waals surface area (Å²) in [6, 6.07) is 1.69. The maximum absolute atomic E-state index is 12.2. The number of rotatable bonds is 5. The summed E-state index contributed by atoms with van der Waals surface area (Å²) in [5, 5.41) is 4.03. The molecule has 2 N–H and O–H groups in total. The van der Waals surface area contributed by atoms with Crippen LogP contribution in [0.1, 0.15) is 26.2 Å². The van der Waals surface area contributed by atoms with Crippen molar-refractivity contribution in [2.75, 3.05) is 25.4 Å². The Morgan fingerprint density at radius 2 is 2.47 bits per heavy atom. The molecule has 0 saturated carbocycles. The first-order valence-electron chi connectivity index (χ1n) is 6.87. The van der Waals surface area contributed by atoms with Gasteiger partial charge in [0, 0.05) is 25.9 Å². The largest absolute Gasteiger partial charge is 0.382 e. The van der Waals surface area contributed by atoms with Crippen molar-refractivity contribution >= 4 is 11.7 Å². The summed E-state index contributed by atoms with van der Waals surface area (Å²) in [5.41, 5.74) is 5.53. The molecule has 0 spiro atoms. The average Bonchev–Trinajstić information content (AvgIpc) is 2.82. The highest BCUT2D eigenvalue weighted by atomic mass is 16.5. The third kappa shape index (κ3) is 3.96. The highest BCUT2D eigenvalue weighted by Crippen LogP contribution is 2.14. The van der Waals surface area contributed by atoms with Crippen LogP contribution in [0.25, 0.3) is 0 Å². The second-order valence-corrected chi connectivity index (χ2v) is 4.91. The van der Waals surface area contributed by atoms with Crippen LogP contribution in [0.3, 0.4) is 0 Å². The van der Waals surface area contributed by atoms with Crippen molar-refractivity contribution in [3.63, 3.8) is 0 Å². The summed E-state index contributed by atoms with van der Waals surface area (Å²) in [6.45, 7) is 4.60. The van der Waals surface area contributed by atoms with Gasteiger partial charge in [-0.3, -0.25) is 9.48 Å². The lowest BCUT2D eigenvalue weighted by atomic mass is 10.1. The van der Waals surface area contributed by atoms with Gasteiger partial charge in [0.05, 0.1) is 6.10 Å². The van der Waals surface area contributed by atoms with Gasteiger partial charge in [0.1, 0.15) is 12.4 Å². The molecule has 106 valence electrons. The standard InChI is InChI=1S/C13H22N4O2/c1-2-8-19-11-4-3-6-16(9-11)13(18)10-17-7-5-12(14)15-17/h5,7,11H,2-4,6,8-10H2,1H3,(H2,14,15). The van der Waals surface area contributed by atoms with E-state index in [2.05, 4.69) is 12.0 Å². The molecule has 1 atom stereocenters. The van der Waals surface area contributed by atoms with E-state index < -0.39 is 0 Å². The number of aromatic nitrogens is 2. The van der Waals surface area contributed by atoms with Crippen molar-refractivity contribution in [1.82, 2.24) is 14.7 Å². The second kappa shape index (κ2) is 6.56. The Morgan fingerprint density at radius 3 is 3.16 bits per heavy atom. The zero-order valence-corrected chi connectivity index (χ0v) is 11.4. The number of nitrogens with two attached hydrogens (primary N) is 1. The van der Waals surface area contributed by atoms with Crippen molar-refractivity contribution in [3.8, 4) is 0 Å². The molecule has 1 aliphatic rings. The van der Waals surface area contributed by atoms with Gasteiger partial charge in [-0.1, -0.05) is 6.92 Å². The zero-order valence-electron chi connectivity index (χ0n) is 11.4. The first-order valence-corrected chi connectivity index (χ1v) is 6.87. The number of carbonyl (C=O) groups is 1. The van der Waals surface area contributed by atoms with Crippen LogP contribution in [0.2, 0.25) is 0 Å². The van der Waals surface area contributed by atoms with E-state index in [1.54, 1.807) is 16.9 Å². The van der Waals surface area contributed by atoms with Gasteiger partial charge in [0.2, 0.25) is 5.91 Å². The minimum absolute atomic E-state index is 0.0768. The molecule has 1 aliphatic heterocycles. The minimum atomic E-state index is 0.0768. The molecule has 1 amide bonds. The smallest absolute Gasteiger partial charge is 0.244 e. The number of hydrogen-bond acceptors (Lipinski definition) is 4.